The number of benzene rings is 1. The molecular formula is C15H17ClN2O5. The standard InChI is InChI=1S/C15H17ClN2O5/c16-10-1-3-11(4-2-10)22-8-7-17-14(20)9-23-15(21)12-5-6-13(19)18-12/h1-4,12H,5-9H2,(H,17,20)(H,18,19)/t12-/m1/s1. The fourth-order valence-corrected chi connectivity index (χ4v) is 2.10. The number of ether oxygens (including phenoxy) is 2. The summed E-state index contributed by atoms with van der Waals surface area (Å²) in [5, 5.41) is 5.66. The van der Waals surface area contributed by atoms with Crippen LogP contribution in [0, 0.1) is 0 Å². The van der Waals surface area contributed by atoms with E-state index in [9.17, 15) is 14.4 Å². The van der Waals surface area contributed by atoms with Gasteiger partial charge in [0, 0.05) is 11.4 Å². The number of carbonyl (C=O) groups excluding carboxylic acids is 3. The fourth-order valence-electron chi connectivity index (χ4n) is 1.97. The highest BCUT2D eigenvalue weighted by Crippen LogP contribution is 2.15. The van der Waals surface area contributed by atoms with Gasteiger partial charge >= 0.3 is 5.97 Å². The van der Waals surface area contributed by atoms with E-state index >= 15 is 0 Å². The highest BCUT2D eigenvalue weighted by Gasteiger charge is 2.28. The van der Waals surface area contributed by atoms with E-state index in [-0.39, 0.29) is 25.7 Å². The zero-order valence-corrected chi connectivity index (χ0v) is 13.1. The number of rotatable bonds is 7. The normalized spacial score (nSPS) is 16.6. The van der Waals surface area contributed by atoms with Gasteiger partial charge in [-0.05, 0) is 30.7 Å². The Balaban J connectivity index is 1.57. The molecule has 8 heteroatoms. The Morgan fingerprint density at radius 2 is 2.04 bits per heavy atom. The van der Waals surface area contributed by atoms with Crippen LogP contribution < -0.4 is 15.4 Å². The number of esters is 1. The molecule has 0 aromatic heterocycles. The first-order valence-corrected chi connectivity index (χ1v) is 7.53. The molecule has 23 heavy (non-hydrogen) atoms. The Bertz CT molecular complexity index is 576. The molecule has 1 fully saturated rings. The van der Waals surface area contributed by atoms with E-state index in [4.69, 9.17) is 21.1 Å². The second-order valence-corrected chi connectivity index (χ2v) is 5.36. The van der Waals surface area contributed by atoms with E-state index in [1.165, 1.54) is 0 Å². The van der Waals surface area contributed by atoms with Gasteiger partial charge in [0.1, 0.15) is 18.4 Å². The van der Waals surface area contributed by atoms with Crippen molar-refractivity contribution in [1.82, 2.24) is 10.6 Å². The molecule has 1 aliphatic heterocycles. The predicted molar refractivity (Wildman–Crippen MR) is 82.1 cm³/mol. The number of hydrogen-bond acceptors (Lipinski definition) is 5. The molecular weight excluding hydrogens is 324 g/mol. The quantitative estimate of drug-likeness (QED) is 0.561. The maximum Gasteiger partial charge on any atom is 0.329 e. The molecule has 0 radical (unpaired) electrons. The maximum absolute atomic E-state index is 11.6. The van der Waals surface area contributed by atoms with Crippen LogP contribution in [0.1, 0.15) is 12.8 Å². The molecule has 0 spiro atoms. The molecule has 0 unspecified atom stereocenters. The second kappa shape index (κ2) is 8.38. The van der Waals surface area contributed by atoms with E-state index in [1.807, 2.05) is 0 Å². The molecule has 1 atom stereocenters. The number of carbonyl (C=O) groups is 3. The largest absolute Gasteiger partial charge is 0.492 e. The van der Waals surface area contributed by atoms with Gasteiger partial charge in [0.2, 0.25) is 5.91 Å². The van der Waals surface area contributed by atoms with Gasteiger partial charge in [-0.3, -0.25) is 9.59 Å². The van der Waals surface area contributed by atoms with Crippen molar-refractivity contribution in [2.24, 2.45) is 0 Å². The molecule has 7 nitrogen and oxygen atoms in total. The van der Waals surface area contributed by atoms with E-state index in [2.05, 4.69) is 10.6 Å². The van der Waals surface area contributed by atoms with Gasteiger partial charge in [0.05, 0.1) is 6.54 Å². The zero-order valence-electron chi connectivity index (χ0n) is 12.3. The van der Waals surface area contributed by atoms with Gasteiger partial charge in [0.15, 0.2) is 6.61 Å². The molecule has 1 saturated heterocycles. The number of hydrogen-bond donors (Lipinski definition) is 2. The smallest absolute Gasteiger partial charge is 0.329 e. The van der Waals surface area contributed by atoms with Gasteiger partial charge in [-0.2, -0.15) is 0 Å². The highest BCUT2D eigenvalue weighted by atomic mass is 35.5. The van der Waals surface area contributed by atoms with Crippen LogP contribution >= 0.6 is 11.6 Å². The summed E-state index contributed by atoms with van der Waals surface area (Å²) in [4.78, 5) is 34.1. The van der Waals surface area contributed by atoms with Gasteiger partial charge in [-0.15, -0.1) is 0 Å². The summed E-state index contributed by atoms with van der Waals surface area (Å²) in [6, 6.07) is 6.21. The molecule has 2 N–H and O–H groups in total. The molecule has 0 saturated carbocycles. The summed E-state index contributed by atoms with van der Waals surface area (Å²) in [6.45, 7) is 0.172. The third-order valence-corrected chi connectivity index (χ3v) is 3.38. The Labute approximate surface area is 138 Å². The van der Waals surface area contributed by atoms with Crippen LogP contribution in [0.4, 0.5) is 0 Å². The summed E-state index contributed by atoms with van der Waals surface area (Å²) in [7, 11) is 0. The number of nitrogens with one attached hydrogen (secondary N) is 2. The Kier molecular flexibility index (Phi) is 6.22. The summed E-state index contributed by atoms with van der Waals surface area (Å²) >= 11 is 5.75. The van der Waals surface area contributed by atoms with Crippen molar-refractivity contribution in [2.75, 3.05) is 19.8 Å². The van der Waals surface area contributed by atoms with E-state index in [0.29, 0.717) is 23.6 Å². The van der Waals surface area contributed by atoms with Crippen LogP contribution in [0.3, 0.4) is 0 Å². The maximum atomic E-state index is 11.6. The molecule has 1 aliphatic rings. The van der Waals surface area contributed by atoms with E-state index < -0.39 is 17.9 Å². The molecule has 0 bridgehead atoms. The zero-order chi connectivity index (χ0) is 16.7. The fraction of sp³-hybridized carbons (Fsp3) is 0.400. The molecule has 2 amide bonds. The molecule has 0 aliphatic carbocycles. The summed E-state index contributed by atoms with van der Waals surface area (Å²) < 4.78 is 10.2. The minimum Gasteiger partial charge on any atom is -0.492 e. The van der Waals surface area contributed by atoms with Crippen LogP contribution in [0.2, 0.25) is 5.02 Å². The lowest BCUT2D eigenvalue weighted by molar-refractivity contribution is -0.150. The molecule has 1 aromatic carbocycles. The molecule has 2 rings (SSSR count). The summed E-state index contributed by atoms with van der Waals surface area (Å²) in [5.74, 6) is -0.561. The van der Waals surface area contributed by atoms with Crippen LogP contribution in [-0.4, -0.2) is 43.6 Å². The Morgan fingerprint density at radius 3 is 2.70 bits per heavy atom. The third-order valence-electron chi connectivity index (χ3n) is 3.13. The lowest BCUT2D eigenvalue weighted by Gasteiger charge is -2.11. The van der Waals surface area contributed by atoms with Crippen LogP contribution in [0.25, 0.3) is 0 Å². The molecule has 1 heterocycles. The van der Waals surface area contributed by atoms with Gasteiger partial charge < -0.3 is 20.1 Å². The number of halogens is 1. The Morgan fingerprint density at radius 1 is 1.30 bits per heavy atom. The monoisotopic (exact) mass is 340 g/mol. The van der Waals surface area contributed by atoms with Crippen molar-refractivity contribution in [2.45, 2.75) is 18.9 Å². The van der Waals surface area contributed by atoms with E-state index in [1.54, 1.807) is 24.3 Å². The van der Waals surface area contributed by atoms with Gasteiger partial charge in [-0.1, -0.05) is 11.6 Å². The van der Waals surface area contributed by atoms with Crippen molar-refractivity contribution in [3.63, 3.8) is 0 Å². The average molecular weight is 341 g/mol. The van der Waals surface area contributed by atoms with Gasteiger partial charge in [-0.25, -0.2) is 4.79 Å². The number of amides is 2. The topological polar surface area (TPSA) is 93.7 Å². The minimum atomic E-state index is -0.650. The van der Waals surface area contributed by atoms with Crippen molar-refractivity contribution in [1.29, 1.82) is 0 Å². The first kappa shape index (κ1) is 17.1. The van der Waals surface area contributed by atoms with Gasteiger partial charge in [0.25, 0.3) is 5.91 Å². The van der Waals surface area contributed by atoms with Crippen molar-refractivity contribution in [3.8, 4) is 5.75 Å². The molecule has 124 valence electrons. The predicted octanol–water partition coefficient (Wildman–Crippen LogP) is 0.657. The second-order valence-electron chi connectivity index (χ2n) is 4.92. The average Bonchev–Trinajstić information content (AvgIpc) is 2.97. The highest BCUT2D eigenvalue weighted by molar-refractivity contribution is 6.30. The first-order valence-electron chi connectivity index (χ1n) is 7.15. The van der Waals surface area contributed by atoms with Crippen LogP contribution in [-0.2, 0) is 19.1 Å². The summed E-state index contributed by atoms with van der Waals surface area (Å²) in [5.41, 5.74) is 0. The lowest BCUT2D eigenvalue weighted by Crippen LogP contribution is -2.37. The van der Waals surface area contributed by atoms with Crippen molar-refractivity contribution in [3.05, 3.63) is 29.3 Å². The van der Waals surface area contributed by atoms with Crippen LogP contribution in [0.5, 0.6) is 5.75 Å². The van der Waals surface area contributed by atoms with Crippen LogP contribution in [0.15, 0.2) is 24.3 Å². The van der Waals surface area contributed by atoms with Crippen molar-refractivity contribution < 1.29 is 23.9 Å². The van der Waals surface area contributed by atoms with Crippen molar-refractivity contribution >= 4 is 29.4 Å². The lowest BCUT2D eigenvalue weighted by atomic mass is 10.2. The minimum absolute atomic E-state index is 0.184. The molecule has 1 aromatic rings. The first-order chi connectivity index (χ1) is 11.0. The SMILES string of the molecule is O=C(COC(=O)[C@H]1CCC(=O)N1)NCCOc1ccc(Cl)cc1. The third kappa shape index (κ3) is 5.78. The van der Waals surface area contributed by atoms with E-state index in [0.717, 1.165) is 0 Å². The summed E-state index contributed by atoms with van der Waals surface area (Å²) in [6.07, 6.45) is 0.697. The Hall–Kier alpha value is -2.28.